The lowest BCUT2D eigenvalue weighted by atomic mass is 10.0. The molecule has 1 amide bonds. The number of carbonyl (C=O) groups excluding carboxylic acids is 1. The van der Waals surface area contributed by atoms with Gasteiger partial charge in [-0.2, -0.15) is 5.10 Å². The number of hydrogen-bond donors (Lipinski definition) is 3. The number of halogens is 1. The van der Waals surface area contributed by atoms with Gasteiger partial charge >= 0.3 is 0 Å². The van der Waals surface area contributed by atoms with E-state index in [4.69, 9.17) is 5.11 Å². The lowest BCUT2D eigenvalue weighted by molar-refractivity contribution is -0.114. The normalized spacial score (nSPS) is 14.4. The third kappa shape index (κ3) is 5.76. The zero-order valence-corrected chi connectivity index (χ0v) is 17.6. The Morgan fingerprint density at radius 1 is 1.29 bits per heavy atom. The maximum absolute atomic E-state index is 13.3. The molecule has 0 bridgehead atoms. The summed E-state index contributed by atoms with van der Waals surface area (Å²) >= 11 is 0. The molecule has 3 rings (SSSR count). The van der Waals surface area contributed by atoms with Gasteiger partial charge in [-0.05, 0) is 57.0 Å². The molecule has 1 aromatic carbocycles. The molecule has 0 unspecified atom stereocenters. The van der Waals surface area contributed by atoms with Gasteiger partial charge in [-0.1, -0.05) is 12.2 Å². The largest absolute Gasteiger partial charge is 0.394 e. The monoisotopic (exact) mass is 423 g/mol. The number of nitrogens with zero attached hydrogens (tertiary/aromatic N) is 3. The van der Waals surface area contributed by atoms with Crippen LogP contribution in [0.2, 0.25) is 0 Å². The van der Waals surface area contributed by atoms with Crippen LogP contribution in [0.4, 0.5) is 4.39 Å². The second kappa shape index (κ2) is 10.5. The van der Waals surface area contributed by atoms with Crippen molar-refractivity contribution in [3.8, 4) is 5.69 Å². The van der Waals surface area contributed by atoms with Crippen LogP contribution in [0.15, 0.2) is 59.5 Å². The second-order valence-electron chi connectivity index (χ2n) is 7.05. The van der Waals surface area contributed by atoms with Gasteiger partial charge in [0.2, 0.25) is 0 Å². The van der Waals surface area contributed by atoms with E-state index in [0.29, 0.717) is 34.9 Å². The van der Waals surface area contributed by atoms with Crippen LogP contribution in [0.25, 0.3) is 17.3 Å². The maximum Gasteiger partial charge on any atom is 0.255 e. The molecule has 1 aliphatic carbocycles. The highest BCUT2D eigenvalue weighted by atomic mass is 19.1. The molecule has 3 N–H and O–H groups in total. The van der Waals surface area contributed by atoms with E-state index in [1.54, 1.807) is 36.1 Å². The third-order valence-electron chi connectivity index (χ3n) is 4.62. The number of hydrogen-bond acceptors (Lipinski definition) is 4. The van der Waals surface area contributed by atoms with Crippen molar-refractivity contribution < 1.29 is 14.3 Å². The lowest BCUT2D eigenvalue weighted by Gasteiger charge is -2.12. The second-order valence-corrected chi connectivity index (χ2v) is 7.05. The van der Waals surface area contributed by atoms with Crippen LogP contribution in [0, 0.1) is 5.82 Å². The average Bonchev–Trinajstić information content (AvgIpc) is 3.13. The van der Waals surface area contributed by atoms with Crippen LogP contribution in [0.5, 0.6) is 0 Å². The van der Waals surface area contributed by atoms with Gasteiger partial charge in [0.1, 0.15) is 5.82 Å². The molecular weight excluding hydrogens is 397 g/mol. The number of rotatable bonds is 6. The Kier molecular flexibility index (Phi) is 7.50. The summed E-state index contributed by atoms with van der Waals surface area (Å²) in [7, 11) is 0. The summed E-state index contributed by atoms with van der Waals surface area (Å²) < 4.78 is 15.0. The first-order chi connectivity index (χ1) is 15.0. The van der Waals surface area contributed by atoms with Crippen molar-refractivity contribution in [1.29, 1.82) is 0 Å². The Morgan fingerprint density at radius 2 is 2.06 bits per heavy atom. The molecule has 0 aliphatic heterocycles. The van der Waals surface area contributed by atoms with Crippen molar-refractivity contribution in [2.45, 2.75) is 26.7 Å². The number of benzene rings is 1. The van der Waals surface area contributed by atoms with Gasteiger partial charge in [-0.25, -0.2) is 9.07 Å². The van der Waals surface area contributed by atoms with Gasteiger partial charge in [0.15, 0.2) is 0 Å². The molecule has 0 radical (unpaired) electrons. The molecule has 0 fully saturated rings. The van der Waals surface area contributed by atoms with E-state index in [9.17, 15) is 9.18 Å². The highest BCUT2D eigenvalue weighted by Crippen LogP contribution is 2.26. The quantitative estimate of drug-likeness (QED) is 0.492. The number of amides is 1. The van der Waals surface area contributed by atoms with E-state index >= 15 is 0 Å². The molecule has 2 aromatic rings. The van der Waals surface area contributed by atoms with Crippen LogP contribution in [-0.2, 0) is 4.79 Å². The fourth-order valence-electron chi connectivity index (χ4n) is 3.19. The number of carbonyl (C=O) groups is 1. The van der Waals surface area contributed by atoms with Crippen LogP contribution < -0.4 is 10.6 Å². The molecule has 1 aliphatic rings. The SMILES string of the molecule is CC(=NCCO)N/C(C)=C\NC(=O)C1=CCCC=Cc2c1cnn2-c1ccc(F)cc1. The van der Waals surface area contributed by atoms with Crippen molar-refractivity contribution in [3.63, 3.8) is 0 Å². The van der Waals surface area contributed by atoms with E-state index in [0.717, 1.165) is 18.5 Å². The van der Waals surface area contributed by atoms with Gasteiger partial charge < -0.3 is 15.7 Å². The minimum Gasteiger partial charge on any atom is -0.394 e. The smallest absolute Gasteiger partial charge is 0.255 e. The van der Waals surface area contributed by atoms with Gasteiger partial charge in [-0.15, -0.1) is 0 Å². The summed E-state index contributed by atoms with van der Waals surface area (Å²) in [6.07, 6.45) is 10.6. The summed E-state index contributed by atoms with van der Waals surface area (Å²) in [5.41, 5.74) is 3.42. The molecule has 1 aromatic heterocycles. The van der Waals surface area contributed by atoms with Crippen LogP contribution in [0.1, 0.15) is 37.9 Å². The van der Waals surface area contributed by atoms with E-state index in [-0.39, 0.29) is 18.3 Å². The number of aliphatic hydroxyl groups excluding tert-OH is 1. The topological polar surface area (TPSA) is 91.5 Å². The molecule has 0 atom stereocenters. The van der Waals surface area contributed by atoms with Gasteiger partial charge in [0.25, 0.3) is 5.91 Å². The number of aliphatic imine (C=N–C) groups is 1. The molecule has 0 spiro atoms. The highest BCUT2D eigenvalue weighted by molar-refractivity contribution is 6.20. The summed E-state index contributed by atoms with van der Waals surface area (Å²) in [5, 5.41) is 19.1. The van der Waals surface area contributed by atoms with Crippen molar-refractivity contribution in [3.05, 3.63) is 71.6 Å². The van der Waals surface area contributed by atoms with Crippen LogP contribution in [0.3, 0.4) is 0 Å². The zero-order chi connectivity index (χ0) is 22.2. The first-order valence-electron chi connectivity index (χ1n) is 10.1. The Morgan fingerprint density at radius 3 is 2.81 bits per heavy atom. The van der Waals surface area contributed by atoms with E-state index in [2.05, 4.69) is 20.7 Å². The number of fused-ring (bicyclic) bond motifs is 1. The number of amidine groups is 1. The van der Waals surface area contributed by atoms with E-state index in [1.807, 2.05) is 25.2 Å². The summed E-state index contributed by atoms with van der Waals surface area (Å²) in [6.45, 7) is 3.90. The van der Waals surface area contributed by atoms with E-state index < -0.39 is 0 Å². The molecule has 8 heteroatoms. The standard InChI is InChI=1S/C23H26FN5O2/c1-16(28-17(2)25-12-13-30)14-26-23(31)20-6-4-3-5-7-22-21(20)15-27-29(22)19-10-8-18(24)9-11-19/h5-11,14-15,30H,3-4,12-13H2,1-2H3,(H,25,28)(H,26,31)/b7-5?,16-14-,20-6?. The number of nitrogens with one attached hydrogen (secondary N) is 2. The number of aromatic nitrogens is 2. The first-order valence-corrected chi connectivity index (χ1v) is 10.1. The van der Waals surface area contributed by atoms with Crippen LogP contribution in [-0.4, -0.2) is 39.8 Å². The Bertz CT molecular complexity index is 1050. The molecule has 1 heterocycles. The Labute approximate surface area is 180 Å². The summed E-state index contributed by atoms with van der Waals surface area (Å²) in [5.74, 6) is 0.0817. The molecular formula is C23H26FN5O2. The predicted molar refractivity (Wildman–Crippen MR) is 120 cm³/mol. The van der Waals surface area contributed by atoms with Crippen molar-refractivity contribution in [2.75, 3.05) is 13.2 Å². The fourth-order valence-corrected chi connectivity index (χ4v) is 3.19. The maximum atomic E-state index is 13.3. The molecule has 0 saturated heterocycles. The minimum atomic E-state index is -0.318. The third-order valence-corrected chi connectivity index (χ3v) is 4.62. The van der Waals surface area contributed by atoms with Crippen LogP contribution >= 0.6 is 0 Å². The average molecular weight is 423 g/mol. The molecule has 31 heavy (non-hydrogen) atoms. The molecule has 7 nitrogen and oxygen atoms in total. The van der Waals surface area contributed by atoms with Crippen molar-refractivity contribution in [2.24, 2.45) is 4.99 Å². The predicted octanol–water partition coefficient (Wildman–Crippen LogP) is 3.18. The lowest BCUT2D eigenvalue weighted by Crippen LogP contribution is -2.24. The Balaban J connectivity index is 1.82. The number of allylic oxidation sites excluding steroid dienone is 3. The summed E-state index contributed by atoms with van der Waals surface area (Å²) in [4.78, 5) is 17.1. The Hall–Kier alpha value is -3.52. The van der Waals surface area contributed by atoms with Gasteiger partial charge in [-0.3, -0.25) is 9.79 Å². The fraction of sp³-hybridized carbons (Fsp3) is 0.261. The molecule has 162 valence electrons. The zero-order valence-electron chi connectivity index (χ0n) is 17.6. The first kappa shape index (κ1) is 22.2. The molecule has 0 saturated carbocycles. The van der Waals surface area contributed by atoms with Gasteiger partial charge in [0.05, 0.1) is 36.6 Å². The summed E-state index contributed by atoms with van der Waals surface area (Å²) in [6, 6.07) is 6.06. The van der Waals surface area contributed by atoms with Crippen molar-refractivity contribution in [1.82, 2.24) is 20.4 Å². The number of aliphatic hydroxyl groups is 1. The van der Waals surface area contributed by atoms with Crippen molar-refractivity contribution >= 4 is 23.4 Å². The van der Waals surface area contributed by atoms with Gasteiger partial charge in [0, 0.05) is 23.0 Å². The van der Waals surface area contributed by atoms with E-state index in [1.165, 1.54) is 12.1 Å². The highest BCUT2D eigenvalue weighted by Gasteiger charge is 2.19. The minimum absolute atomic E-state index is 0.0188.